The van der Waals surface area contributed by atoms with Gasteiger partial charge in [-0.25, -0.2) is 5.48 Å². The van der Waals surface area contributed by atoms with Crippen molar-refractivity contribution in [2.75, 3.05) is 6.61 Å². The SMILES string of the molecule is CC(C)CONC(=O)C(C)(C)Oc1ccc(Cl)cc1. The molecule has 0 heterocycles. The van der Waals surface area contributed by atoms with Crippen molar-refractivity contribution < 1.29 is 14.4 Å². The molecule has 1 aromatic carbocycles. The van der Waals surface area contributed by atoms with Crippen LogP contribution in [-0.4, -0.2) is 18.1 Å². The van der Waals surface area contributed by atoms with Gasteiger partial charge in [-0.1, -0.05) is 25.4 Å². The number of nitrogens with one attached hydrogen (secondary N) is 1. The number of amides is 1. The van der Waals surface area contributed by atoms with Crippen LogP contribution < -0.4 is 10.2 Å². The Morgan fingerprint density at radius 3 is 2.42 bits per heavy atom. The maximum Gasteiger partial charge on any atom is 0.287 e. The van der Waals surface area contributed by atoms with E-state index in [2.05, 4.69) is 5.48 Å². The van der Waals surface area contributed by atoms with Crippen molar-refractivity contribution in [1.29, 1.82) is 0 Å². The second-order valence-corrected chi connectivity index (χ2v) is 5.64. The van der Waals surface area contributed by atoms with Gasteiger partial charge in [-0.2, -0.15) is 0 Å². The number of hydrogen-bond donors (Lipinski definition) is 1. The fourth-order valence-corrected chi connectivity index (χ4v) is 1.37. The number of benzene rings is 1. The highest BCUT2D eigenvalue weighted by Gasteiger charge is 2.30. The summed E-state index contributed by atoms with van der Waals surface area (Å²) >= 11 is 5.79. The molecule has 4 nitrogen and oxygen atoms in total. The summed E-state index contributed by atoms with van der Waals surface area (Å²) < 4.78 is 5.63. The van der Waals surface area contributed by atoms with E-state index in [1.807, 2.05) is 13.8 Å². The van der Waals surface area contributed by atoms with Crippen molar-refractivity contribution in [1.82, 2.24) is 5.48 Å². The summed E-state index contributed by atoms with van der Waals surface area (Å²) in [6, 6.07) is 6.85. The normalized spacial score (nSPS) is 11.5. The third-order valence-electron chi connectivity index (χ3n) is 2.31. The maximum absolute atomic E-state index is 11.9. The van der Waals surface area contributed by atoms with Crippen molar-refractivity contribution in [3.63, 3.8) is 0 Å². The lowest BCUT2D eigenvalue weighted by atomic mass is 10.1. The first-order valence-electron chi connectivity index (χ1n) is 6.18. The zero-order chi connectivity index (χ0) is 14.5. The van der Waals surface area contributed by atoms with E-state index in [1.54, 1.807) is 38.1 Å². The first-order chi connectivity index (χ1) is 8.81. The van der Waals surface area contributed by atoms with Crippen molar-refractivity contribution in [3.8, 4) is 5.75 Å². The molecule has 5 heteroatoms. The summed E-state index contributed by atoms with van der Waals surface area (Å²) in [5, 5.41) is 0.620. The number of halogens is 1. The highest BCUT2D eigenvalue weighted by Crippen LogP contribution is 2.20. The summed E-state index contributed by atoms with van der Waals surface area (Å²) in [7, 11) is 0. The molecule has 0 fully saturated rings. The van der Waals surface area contributed by atoms with Gasteiger partial charge in [-0.05, 0) is 44.0 Å². The predicted molar refractivity (Wildman–Crippen MR) is 75.1 cm³/mol. The average molecular weight is 286 g/mol. The van der Waals surface area contributed by atoms with Crippen LogP contribution in [0.4, 0.5) is 0 Å². The molecular weight excluding hydrogens is 266 g/mol. The van der Waals surface area contributed by atoms with Gasteiger partial charge in [0, 0.05) is 5.02 Å². The van der Waals surface area contributed by atoms with Gasteiger partial charge in [0.15, 0.2) is 5.60 Å². The number of carbonyl (C=O) groups is 1. The molecular formula is C14H20ClNO3. The molecule has 0 aliphatic heterocycles. The molecule has 0 atom stereocenters. The third kappa shape index (κ3) is 5.49. The molecule has 1 N–H and O–H groups in total. The number of carbonyl (C=O) groups excluding carboxylic acids is 1. The maximum atomic E-state index is 11.9. The molecule has 1 rings (SSSR count). The average Bonchev–Trinajstić information content (AvgIpc) is 2.31. The molecule has 0 aromatic heterocycles. The predicted octanol–water partition coefficient (Wildman–Crippen LogP) is 3.20. The number of rotatable bonds is 6. The first-order valence-corrected chi connectivity index (χ1v) is 6.56. The van der Waals surface area contributed by atoms with E-state index in [4.69, 9.17) is 21.2 Å². The lowest BCUT2D eigenvalue weighted by Crippen LogP contribution is -2.46. The lowest BCUT2D eigenvalue weighted by molar-refractivity contribution is -0.148. The topological polar surface area (TPSA) is 47.6 Å². The van der Waals surface area contributed by atoms with Gasteiger partial charge in [0.25, 0.3) is 5.91 Å². The Bertz CT molecular complexity index is 415. The molecule has 0 spiro atoms. The van der Waals surface area contributed by atoms with Gasteiger partial charge in [-0.15, -0.1) is 0 Å². The number of hydroxylamine groups is 1. The molecule has 0 bridgehead atoms. The Labute approximate surface area is 119 Å². The van der Waals surface area contributed by atoms with Crippen LogP contribution in [0.15, 0.2) is 24.3 Å². The largest absolute Gasteiger partial charge is 0.478 e. The standard InChI is InChI=1S/C14H20ClNO3/c1-10(2)9-18-16-13(17)14(3,4)19-12-7-5-11(15)6-8-12/h5-8,10H,9H2,1-4H3,(H,16,17). The molecule has 0 radical (unpaired) electrons. The smallest absolute Gasteiger partial charge is 0.287 e. The van der Waals surface area contributed by atoms with Gasteiger partial charge < -0.3 is 4.74 Å². The Morgan fingerprint density at radius 2 is 1.89 bits per heavy atom. The van der Waals surface area contributed by atoms with Crippen molar-refractivity contribution in [3.05, 3.63) is 29.3 Å². The van der Waals surface area contributed by atoms with Crippen LogP contribution >= 0.6 is 11.6 Å². The van der Waals surface area contributed by atoms with E-state index >= 15 is 0 Å². The van der Waals surface area contributed by atoms with Gasteiger partial charge in [-0.3, -0.25) is 9.63 Å². The van der Waals surface area contributed by atoms with Crippen molar-refractivity contribution >= 4 is 17.5 Å². The third-order valence-corrected chi connectivity index (χ3v) is 2.57. The fourth-order valence-electron chi connectivity index (χ4n) is 1.24. The summed E-state index contributed by atoms with van der Waals surface area (Å²) in [6.07, 6.45) is 0. The highest BCUT2D eigenvalue weighted by atomic mass is 35.5. The van der Waals surface area contributed by atoms with Crippen LogP contribution in [0.5, 0.6) is 5.75 Å². The minimum Gasteiger partial charge on any atom is -0.478 e. The van der Waals surface area contributed by atoms with E-state index in [9.17, 15) is 4.79 Å². The second-order valence-electron chi connectivity index (χ2n) is 5.20. The molecule has 0 unspecified atom stereocenters. The van der Waals surface area contributed by atoms with Crippen LogP contribution in [0, 0.1) is 5.92 Å². The molecule has 0 saturated carbocycles. The Balaban J connectivity index is 2.54. The van der Waals surface area contributed by atoms with E-state index in [0.717, 1.165) is 0 Å². The van der Waals surface area contributed by atoms with Crippen molar-refractivity contribution in [2.24, 2.45) is 5.92 Å². The second kappa shape index (κ2) is 6.78. The monoisotopic (exact) mass is 285 g/mol. The van der Waals surface area contributed by atoms with Gasteiger partial charge in [0.1, 0.15) is 5.75 Å². The highest BCUT2D eigenvalue weighted by molar-refractivity contribution is 6.30. The molecule has 1 amide bonds. The molecule has 19 heavy (non-hydrogen) atoms. The fraction of sp³-hybridized carbons (Fsp3) is 0.500. The zero-order valence-corrected chi connectivity index (χ0v) is 12.5. The quantitative estimate of drug-likeness (QED) is 0.817. The molecule has 0 aliphatic carbocycles. The van der Waals surface area contributed by atoms with E-state index < -0.39 is 5.60 Å². The molecule has 0 saturated heterocycles. The van der Waals surface area contributed by atoms with Gasteiger partial charge in [0.2, 0.25) is 0 Å². The molecule has 0 aliphatic rings. The molecule has 106 valence electrons. The number of ether oxygens (including phenoxy) is 1. The van der Waals surface area contributed by atoms with Crippen LogP contribution in [0.3, 0.4) is 0 Å². The van der Waals surface area contributed by atoms with Gasteiger partial charge >= 0.3 is 0 Å². The summed E-state index contributed by atoms with van der Waals surface area (Å²) in [5.41, 5.74) is 1.37. The first kappa shape index (κ1) is 15.8. The summed E-state index contributed by atoms with van der Waals surface area (Å²) in [6.45, 7) is 7.82. The molecule has 1 aromatic rings. The van der Waals surface area contributed by atoms with Gasteiger partial charge in [0.05, 0.1) is 6.61 Å². The van der Waals surface area contributed by atoms with Crippen LogP contribution in [-0.2, 0) is 9.63 Å². The summed E-state index contributed by atoms with van der Waals surface area (Å²) in [4.78, 5) is 17.0. The van der Waals surface area contributed by atoms with E-state index in [1.165, 1.54) is 0 Å². The zero-order valence-electron chi connectivity index (χ0n) is 11.7. The van der Waals surface area contributed by atoms with E-state index in [-0.39, 0.29) is 5.91 Å². The van der Waals surface area contributed by atoms with Crippen molar-refractivity contribution in [2.45, 2.75) is 33.3 Å². The number of hydrogen-bond acceptors (Lipinski definition) is 3. The van der Waals surface area contributed by atoms with Crippen LogP contribution in [0.2, 0.25) is 5.02 Å². The Kier molecular flexibility index (Phi) is 5.63. The summed E-state index contributed by atoms with van der Waals surface area (Å²) in [5.74, 6) is 0.595. The van der Waals surface area contributed by atoms with Crippen LogP contribution in [0.25, 0.3) is 0 Å². The van der Waals surface area contributed by atoms with E-state index in [0.29, 0.717) is 23.3 Å². The Hall–Kier alpha value is -1.26. The van der Waals surface area contributed by atoms with Crippen LogP contribution in [0.1, 0.15) is 27.7 Å². The lowest BCUT2D eigenvalue weighted by Gasteiger charge is -2.25. The Morgan fingerprint density at radius 1 is 1.32 bits per heavy atom. The minimum absolute atomic E-state index is 0.330. The minimum atomic E-state index is -1.02.